The maximum atomic E-state index is 12.8. The molecule has 0 spiro atoms. The Labute approximate surface area is 125 Å². The molecule has 1 fully saturated rings. The first-order chi connectivity index (χ1) is 9.71. The summed E-state index contributed by atoms with van der Waals surface area (Å²) in [5.41, 5.74) is 0.583. The van der Waals surface area contributed by atoms with E-state index in [4.69, 9.17) is 4.42 Å². The van der Waals surface area contributed by atoms with Crippen molar-refractivity contribution in [3.8, 4) is 0 Å². The van der Waals surface area contributed by atoms with E-state index in [2.05, 4.69) is 5.32 Å². The van der Waals surface area contributed by atoms with Gasteiger partial charge in [-0.05, 0) is 17.4 Å². The highest BCUT2D eigenvalue weighted by molar-refractivity contribution is 5.97. The molecule has 0 aromatic carbocycles. The number of carbonyl (C=O) groups is 2. The number of carbonyl (C=O) groups excluding carboxylic acids is 2. The highest BCUT2D eigenvalue weighted by Crippen LogP contribution is 2.28. The number of hydrogen-bond acceptors (Lipinski definition) is 3. The Morgan fingerprint density at radius 1 is 1.33 bits per heavy atom. The highest BCUT2D eigenvalue weighted by Gasteiger charge is 2.46. The van der Waals surface area contributed by atoms with Crippen molar-refractivity contribution in [1.82, 2.24) is 10.2 Å². The molecule has 0 aliphatic carbocycles. The fraction of sp³-hybridized carbons (Fsp3) is 0.625. The molecule has 5 nitrogen and oxygen atoms in total. The van der Waals surface area contributed by atoms with E-state index in [0.717, 1.165) is 5.56 Å². The molecule has 1 aliphatic heterocycles. The third-order valence-electron chi connectivity index (χ3n) is 3.85. The smallest absolute Gasteiger partial charge is 0.246 e. The van der Waals surface area contributed by atoms with Gasteiger partial charge in [0.05, 0.1) is 12.5 Å². The lowest BCUT2D eigenvalue weighted by molar-refractivity contribution is -0.155. The van der Waals surface area contributed by atoms with Crippen LogP contribution in [0.25, 0.3) is 0 Å². The Morgan fingerprint density at radius 2 is 2.00 bits per heavy atom. The molecule has 1 N–H and O–H groups in total. The molecule has 0 bridgehead atoms. The third kappa shape index (κ3) is 3.12. The fourth-order valence-electron chi connectivity index (χ4n) is 2.74. The summed E-state index contributed by atoms with van der Waals surface area (Å²) in [5, 5.41) is 2.89. The largest absolute Gasteiger partial charge is 0.472 e. The second-order valence-electron chi connectivity index (χ2n) is 7.09. The average molecular weight is 292 g/mol. The predicted octanol–water partition coefficient (Wildman–Crippen LogP) is 2.18. The van der Waals surface area contributed by atoms with Crippen LogP contribution in [0.1, 0.15) is 40.2 Å². The van der Waals surface area contributed by atoms with Gasteiger partial charge in [-0.2, -0.15) is 0 Å². The van der Waals surface area contributed by atoms with E-state index < -0.39 is 12.1 Å². The molecule has 0 radical (unpaired) electrons. The summed E-state index contributed by atoms with van der Waals surface area (Å²) in [6.45, 7) is 10.2. The van der Waals surface area contributed by atoms with Crippen LogP contribution < -0.4 is 5.32 Å². The Kier molecular flexibility index (Phi) is 4.12. The summed E-state index contributed by atoms with van der Waals surface area (Å²) in [7, 11) is 0. The van der Waals surface area contributed by atoms with Crippen LogP contribution in [0.2, 0.25) is 0 Å². The molecule has 2 amide bonds. The summed E-state index contributed by atoms with van der Waals surface area (Å²) < 4.78 is 5.07. The minimum Gasteiger partial charge on any atom is -0.472 e. The normalized spacial score (nSPS) is 23.6. The van der Waals surface area contributed by atoms with E-state index >= 15 is 0 Å². The van der Waals surface area contributed by atoms with Gasteiger partial charge in [-0.25, -0.2) is 0 Å². The first-order valence-corrected chi connectivity index (χ1v) is 7.33. The predicted molar refractivity (Wildman–Crippen MR) is 79.3 cm³/mol. The van der Waals surface area contributed by atoms with Gasteiger partial charge in [-0.1, -0.05) is 34.6 Å². The molecule has 21 heavy (non-hydrogen) atoms. The molecule has 2 atom stereocenters. The summed E-state index contributed by atoms with van der Waals surface area (Å²) >= 11 is 0. The third-order valence-corrected chi connectivity index (χ3v) is 3.85. The Bertz CT molecular complexity index is 514. The van der Waals surface area contributed by atoms with Gasteiger partial charge in [0.1, 0.15) is 12.1 Å². The van der Waals surface area contributed by atoms with Crippen LogP contribution in [0.4, 0.5) is 0 Å². The monoisotopic (exact) mass is 292 g/mol. The highest BCUT2D eigenvalue weighted by atomic mass is 16.3. The van der Waals surface area contributed by atoms with Crippen molar-refractivity contribution in [2.24, 2.45) is 11.3 Å². The van der Waals surface area contributed by atoms with Gasteiger partial charge in [0, 0.05) is 12.1 Å². The minimum absolute atomic E-state index is 0.0259. The Balaban J connectivity index is 2.33. The number of amides is 2. The number of nitrogens with one attached hydrogen (secondary N) is 1. The van der Waals surface area contributed by atoms with Crippen LogP contribution in [-0.2, 0) is 16.1 Å². The molecule has 1 aromatic rings. The van der Waals surface area contributed by atoms with Crippen molar-refractivity contribution in [2.45, 2.75) is 53.2 Å². The zero-order chi connectivity index (χ0) is 15.8. The molecule has 1 aliphatic rings. The van der Waals surface area contributed by atoms with Crippen molar-refractivity contribution in [1.29, 1.82) is 0 Å². The van der Waals surface area contributed by atoms with E-state index in [0.29, 0.717) is 6.54 Å². The topological polar surface area (TPSA) is 62.6 Å². The molecule has 2 heterocycles. The van der Waals surface area contributed by atoms with Gasteiger partial charge < -0.3 is 14.6 Å². The summed E-state index contributed by atoms with van der Waals surface area (Å²) in [6.07, 6.45) is 3.19. The number of hydrogen-bond donors (Lipinski definition) is 1. The Hall–Kier alpha value is -1.78. The number of furan rings is 1. The SMILES string of the molecule is CC(C)C1C(=O)NC(C(C)(C)C)C(=O)N1Cc1ccoc1. The molecule has 5 heteroatoms. The molecule has 116 valence electrons. The summed E-state index contributed by atoms with van der Waals surface area (Å²) in [4.78, 5) is 27.0. The van der Waals surface area contributed by atoms with Crippen LogP contribution in [-0.4, -0.2) is 28.8 Å². The lowest BCUT2D eigenvalue weighted by Gasteiger charge is -2.44. The summed E-state index contributed by atoms with van der Waals surface area (Å²) in [6, 6.07) is 0.890. The van der Waals surface area contributed by atoms with E-state index in [1.165, 1.54) is 0 Å². The molecule has 2 rings (SSSR count). The number of rotatable bonds is 3. The van der Waals surface area contributed by atoms with Crippen LogP contribution in [0.3, 0.4) is 0 Å². The van der Waals surface area contributed by atoms with E-state index in [-0.39, 0.29) is 23.1 Å². The minimum atomic E-state index is -0.494. The van der Waals surface area contributed by atoms with E-state index in [1.54, 1.807) is 17.4 Å². The molecule has 1 saturated heterocycles. The molecular weight excluding hydrogens is 268 g/mol. The van der Waals surface area contributed by atoms with Crippen LogP contribution in [0.15, 0.2) is 23.0 Å². The summed E-state index contributed by atoms with van der Waals surface area (Å²) in [5.74, 6) is -0.0446. The van der Waals surface area contributed by atoms with Gasteiger partial charge in [-0.15, -0.1) is 0 Å². The van der Waals surface area contributed by atoms with Crippen molar-refractivity contribution in [2.75, 3.05) is 0 Å². The van der Waals surface area contributed by atoms with Gasteiger partial charge >= 0.3 is 0 Å². The Morgan fingerprint density at radius 3 is 2.48 bits per heavy atom. The van der Waals surface area contributed by atoms with Crippen molar-refractivity contribution < 1.29 is 14.0 Å². The zero-order valence-electron chi connectivity index (χ0n) is 13.3. The number of nitrogens with zero attached hydrogens (tertiary/aromatic N) is 1. The van der Waals surface area contributed by atoms with Crippen molar-refractivity contribution in [3.63, 3.8) is 0 Å². The first-order valence-electron chi connectivity index (χ1n) is 7.33. The maximum absolute atomic E-state index is 12.8. The lowest BCUT2D eigenvalue weighted by atomic mass is 9.82. The molecule has 1 aromatic heterocycles. The molecular formula is C16H24N2O3. The lowest BCUT2D eigenvalue weighted by Crippen LogP contribution is -2.67. The number of piperazine rings is 1. The quantitative estimate of drug-likeness (QED) is 0.928. The van der Waals surface area contributed by atoms with Crippen molar-refractivity contribution in [3.05, 3.63) is 24.2 Å². The van der Waals surface area contributed by atoms with Gasteiger partial charge in [0.2, 0.25) is 11.8 Å². The van der Waals surface area contributed by atoms with Gasteiger partial charge in [0.25, 0.3) is 0 Å². The molecule has 0 saturated carbocycles. The fourth-order valence-corrected chi connectivity index (χ4v) is 2.74. The zero-order valence-corrected chi connectivity index (χ0v) is 13.3. The average Bonchev–Trinajstić information content (AvgIpc) is 2.84. The second kappa shape index (κ2) is 5.54. The standard InChI is InChI=1S/C16H24N2O3/c1-10(2)12-14(19)17-13(16(3,4)5)15(20)18(12)8-11-6-7-21-9-11/h6-7,9-10,12-13H,8H2,1-5H3,(H,17,19). The molecule has 2 unspecified atom stereocenters. The van der Waals surface area contributed by atoms with Crippen molar-refractivity contribution >= 4 is 11.8 Å². The second-order valence-corrected chi connectivity index (χ2v) is 7.09. The van der Waals surface area contributed by atoms with E-state index in [9.17, 15) is 9.59 Å². The van der Waals surface area contributed by atoms with Gasteiger partial charge in [0.15, 0.2) is 0 Å². The first kappa shape index (κ1) is 15.6. The maximum Gasteiger partial charge on any atom is 0.246 e. The van der Waals surface area contributed by atoms with E-state index in [1.807, 2.05) is 40.7 Å². The van der Waals surface area contributed by atoms with Crippen LogP contribution in [0, 0.1) is 11.3 Å². The van der Waals surface area contributed by atoms with Crippen LogP contribution >= 0.6 is 0 Å². The van der Waals surface area contributed by atoms with Gasteiger partial charge in [-0.3, -0.25) is 9.59 Å². The van der Waals surface area contributed by atoms with Crippen LogP contribution in [0.5, 0.6) is 0 Å².